The smallest absolute Gasteiger partial charge is 0.182 e. The second-order valence-corrected chi connectivity index (χ2v) is 6.06. The van der Waals surface area contributed by atoms with Crippen molar-refractivity contribution >= 4 is 5.69 Å². The second kappa shape index (κ2) is 4.87. The normalized spacial score (nSPS) is 17.1. The van der Waals surface area contributed by atoms with E-state index in [0.717, 1.165) is 25.9 Å². The molecule has 1 heterocycles. The molecule has 0 spiro atoms. The van der Waals surface area contributed by atoms with Gasteiger partial charge in [-0.05, 0) is 36.3 Å². The molecule has 1 fully saturated rings. The molecule has 1 aromatic rings. The third kappa shape index (κ3) is 2.50. The van der Waals surface area contributed by atoms with E-state index in [0.29, 0.717) is 11.3 Å². The summed E-state index contributed by atoms with van der Waals surface area (Å²) >= 11 is 0. The van der Waals surface area contributed by atoms with E-state index in [1.165, 1.54) is 6.42 Å². The van der Waals surface area contributed by atoms with Gasteiger partial charge in [-0.25, -0.2) is 8.78 Å². The fourth-order valence-corrected chi connectivity index (χ4v) is 2.50. The van der Waals surface area contributed by atoms with Gasteiger partial charge in [-0.2, -0.15) is 0 Å². The van der Waals surface area contributed by atoms with Gasteiger partial charge in [0.25, 0.3) is 0 Å². The van der Waals surface area contributed by atoms with E-state index in [1.807, 2.05) is 25.7 Å². The van der Waals surface area contributed by atoms with Crippen LogP contribution in [0.15, 0.2) is 12.1 Å². The lowest BCUT2D eigenvalue weighted by atomic mass is 9.86. The van der Waals surface area contributed by atoms with Gasteiger partial charge in [0.15, 0.2) is 11.6 Å². The molecule has 2 rings (SSSR count). The molecule has 0 N–H and O–H groups in total. The van der Waals surface area contributed by atoms with Crippen LogP contribution in [0.5, 0.6) is 0 Å². The first kappa shape index (κ1) is 13.3. The van der Waals surface area contributed by atoms with Gasteiger partial charge >= 0.3 is 0 Å². The Morgan fingerprint density at radius 2 is 1.56 bits per heavy atom. The van der Waals surface area contributed by atoms with Gasteiger partial charge in [-0.3, -0.25) is 0 Å². The maximum Gasteiger partial charge on any atom is 0.182 e. The minimum Gasteiger partial charge on any atom is -0.369 e. The Kier molecular flexibility index (Phi) is 3.60. The summed E-state index contributed by atoms with van der Waals surface area (Å²) in [5, 5.41) is 0. The Hall–Kier alpha value is -1.12. The fourth-order valence-electron chi connectivity index (χ4n) is 2.50. The molecule has 3 heteroatoms. The summed E-state index contributed by atoms with van der Waals surface area (Å²) in [7, 11) is 0. The molecular formula is C15H21F2N. The van der Waals surface area contributed by atoms with Crippen LogP contribution in [-0.4, -0.2) is 13.1 Å². The zero-order valence-corrected chi connectivity index (χ0v) is 11.4. The average Bonchev–Trinajstić information content (AvgIpc) is 2.32. The van der Waals surface area contributed by atoms with Crippen LogP contribution in [0.2, 0.25) is 0 Å². The van der Waals surface area contributed by atoms with E-state index in [2.05, 4.69) is 0 Å². The highest BCUT2D eigenvalue weighted by Crippen LogP contribution is 2.32. The minimum absolute atomic E-state index is 0.370. The number of hydrogen-bond acceptors (Lipinski definition) is 1. The van der Waals surface area contributed by atoms with Gasteiger partial charge in [0, 0.05) is 13.1 Å². The Balaban J connectivity index is 2.37. The van der Waals surface area contributed by atoms with Crippen LogP contribution in [0.1, 0.15) is 45.6 Å². The molecule has 0 radical (unpaired) electrons. The first-order chi connectivity index (χ1) is 8.41. The number of anilines is 1. The number of hydrogen-bond donors (Lipinski definition) is 0. The zero-order chi connectivity index (χ0) is 13.3. The monoisotopic (exact) mass is 253 g/mol. The quantitative estimate of drug-likeness (QED) is 0.723. The molecule has 1 aliphatic heterocycles. The van der Waals surface area contributed by atoms with E-state index in [1.54, 1.807) is 12.1 Å². The summed E-state index contributed by atoms with van der Waals surface area (Å²) in [4.78, 5) is 1.95. The van der Waals surface area contributed by atoms with Crippen molar-refractivity contribution in [2.75, 3.05) is 18.0 Å². The predicted octanol–water partition coefficient (Wildman–Crippen LogP) is 4.25. The molecule has 0 atom stereocenters. The third-order valence-corrected chi connectivity index (χ3v) is 3.57. The lowest BCUT2D eigenvalue weighted by Crippen LogP contribution is -2.30. The molecule has 1 saturated heterocycles. The molecule has 0 amide bonds. The number of halogens is 2. The highest BCUT2D eigenvalue weighted by Gasteiger charge is 2.25. The Morgan fingerprint density at radius 1 is 0.944 bits per heavy atom. The van der Waals surface area contributed by atoms with Crippen LogP contribution in [0, 0.1) is 11.6 Å². The summed E-state index contributed by atoms with van der Waals surface area (Å²) < 4.78 is 28.3. The SMILES string of the molecule is CC(C)(C)c1ccc(N2CCCCC2)c(F)c1F. The molecule has 0 aliphatic carbocycles. The van der Waals surface area contributed by atoms with Crippen LogP contribution < -0.4 is 4.90 Å². The second-order valence-electron chi connectivity index (χ2n) is 6.06. The predicted molar refractivity (Wildman–Crippen MR) is 71.1 cm³/mol. The van der Waals surface area contributed by atoms with E-state index in [-0.39, 0.29) is 5.41 Å². The molecule has 1 aromatic carbocycles. The molecule has 0 saturated carbocycles. The largest absolute Gasteiger partial charge is 0.369 e. The number of piperidine rings is 1. The van der Waals surface area contributed by atoms with Crippen molar-refractivity contribution in [3.63, 3.8) is 0 Å². The van der Waals surface area contributed by atoms with Gasteiger partial charge in [0.2, 0.25) is 0 Å². The van der Waals surface area contributed by atoms with Crippen molar-refractivity contribution in [3.8, 4) is 0 Å². The number of rotatable bonds is 1. The number of nitrogens with zero attached hydrogens (tertiary/aromatic N) is 1. The summed E-state index contributed by atoms with van der Waals surface area (Å²) in [5.74, 6) is -1.38. The van der Waals surface area contributed by atoms with Crippen LogP contribution in [0.3, 0.4) is 0 Å². The molecule has 1 aliphatic rings. The van der Waals surface area contributed by atoms with Crippen molar-refractivity contribution in [2.24, 2.45) is 0 Å². The van der Waals surface area contributed by atoms with E-state index in [9.17, 15) is 8.78 Å². The molecule has 0 bridgehead atoms. The molecule has 0 aromatic heterocycles. The highest BCUT2D eigenvalue weighted by atomic mass is 19.2. The van der Waals surface area contributed by atoms with Gasteiger partial charge in [-0.1, -0.05) is 26.8 Å². The van der Waals surface area contributed by atoms with Gasteiger partial charge in [0.1, 0.15) is 0 Å². The minimum atomic E-state index is -0.690. The fraction of sp³-hybridized carbons (Fsp3) is 0.600. The van der Waals surface area contributed by atoms with Crippen molar-refractivity contribution in [3.05, 3.63) is 29.3 Å². The van der Waals surface area contributed by atoms with Gasteiger partial charge in [0.05, 0.1) is 5.69 Å². The average molecular weight is 253 g/mol. The maximum absolute atomic E-state index is 14.2. The Morgan fingerprint density at radius 3 is 2.11 bits per heavy atom. The van der Waals surface area contributed by atoms with Crippen molar-refractivity contribution < 1.29 is 8.78 Å². The Labute approximate surface area is 108 Å². The first-order valence-electron chi connectivity index (χ1n) is 6.64. The van der Waals surface area contributed by atoms with E-state index < -0.39 is 11.6 Å². The first-order valence-corrected chi connectivity index (χ1v) is 6.64. The molecule has 0 unspecified atom stereocenters. The van der Waals surface area contributed by atoms with E-state index in [4.69, 9.17) is 0 Å². The van der Waals surface area contributed by atoms with Crippen molar-refractivity contribution in [1.29, 1.82) is 0 Å². The summed E-state index contributed by atoms with van der Waals surface area (Å²) in [5.41, 5.74) is 0.492. The standard InChI is InChI=1S/C15H21F2N/c1-15(2,3)11-7-8-12(14(17)13(11)16)18-9-5-4-6-10-18/h7-8H,4-6,9-10H2,1-3H3. The summed E-state index contributed by atoms with van der Waals surface area (Å²) in [6.07, 6.45) is 3.30. The summed E-state index contributed by atoms with van der Waals surface area (Å²) in [6, 6.07) is 3.45. The molecule has 1 nitrogen and oxygen atoms in total. The van der Waals surface area contributed by atoms with Crippen molar-refractivity contribution in [1.82, 2.24) is 0 Å². The van der Waals surface area contributed by atoms with Gasteiger partial charge in [-0.15, -0.1) is 0 Å². The van der Waals surface area contributed by atoms with Crippen LogP contribution in [0.25, 0.3) is 0 Å². The highest BCUT2D eigenvalue weighted by molar-refractivity contribution is 5.51. The van der Waals surface area contributed by atoms with Crippen molar-refractivity contribution in [2.45, 2.75) is 45.4 Å². The lowest BCUT2D eigenvalue weighted by molar-refractivity contribution is 0.460. The molecule has 100 valence electrons. The van der Waals surface area contributed by atoms with Crippen LogP contribution >= 0.6 is 0 Å². The maximum atomic E-state index is 14.2. The summed E-state index contributed by atoms with van der Waals surface area (Å²) in [6.45, 7) is 7.33. The van der Waals surface area contributed by atoms with Crippen LogP contribution in [-0.2, 0) is 5.41 Å². The topological polar surface area (TPSA) is 3.24 Å². The Bertz CT molecular complexity index is 429. The molecular weight excluding hydrogens is 232 g/mol. The van der Waals surface area contributed by atoms with E-state index >= 15 is 0 Å². The van der Waals surface area contributed by atoms with Gasteiger partial charge < -0.3 is 4.90 Å². The van der Waals surface area contributed by atoms with Crippen LogP contribution in [0.4, 0.5) is 14.5 Å². The zero-order valence-electron chi connectivity index (χ0n) is 11.4. The third-order valence-electron chi connectivity index (χ3n) is 3.57. The number of benzene rings is 1. The molecule has 18 heavy (non-hydrogen) atoms. The lowest BCUT2D eigenvalue weighted by Gasteiger charge is -2.30.